The van der Waals surface area contributed by atoms with Gasteiger partial charge in [-0.25, -0.2) is 0 Å². The highest BCUT2D eigenvalue weighted by atomic mass is 32.2. The normalized spacial score (nSPS) is 19.1. The zero-order valence-electron chi connectivity index (χ0n) is 16.0. The lowest BCUT2D eigenvalue weighted by Crippen LogP contribution is -2.45. The maximum atomic E-state index is 12.5. The van der Waals surface area contributed by atoms with Crippen molar-refractivity contribution in [2.45, 2.75) is 32.9 Å². The summed E-state index contributed by atoms with van der Waals surface area (Å²) < 4.78 is 0. The molecule has 0 fully saturated rings. The Morgan fingerprint density at radius 3 is 2.57 bits per heavy atom. The molecule has 0 spiro atoms. The molecule has 1 aromatic carbocycles. The molecule has 0 aromatic heterocycles. The van der Waals surface area contributed by atoms with E-state index in [1.165, 1.54) is 6.92 Å². The van der Waals surface area contributed by atoms with Gasteiger partial charge in [0.1, 0.15) is 5.92 Å². The average Bonchev–Trinajstić information content (AvgIpc) is 2.61. The lowest BCUT2D eigenvalue weighted by Gasteiger charge is -2.35. The summed E-state index contributed by atoms with van der Waals surface area (Å²) in [6.45, 7) is 6.41. The number of amides is 2. The predicted octanol–water partition coefficient (Wildman–Crippen LogP) is 2.98. The summed E-state index contributed by atoms with van der Waals surface area (Å²) >= 11 is 1.05. The van der Waals surface area contributed by atoms with Crippen LogP contribution in [0, 0.1) is 34.0 Å². The van der Waals surface area contributed by atoms with Crippen LogP contribution in [0.25, 0.3) is 0 Å². The van der Waals surface area contributed by atoms with Crippen molar-refractivity contribution < 1.29 is 14.4 Å². The molecule has 0 unspecified atom stereocenters. The standard InChI is InChI=1S/C20H20N4O3S/c1-11(25)13-6-5-7-14(8-13)23-17(26)12(2)28-19-16(10-22)20(3,4)15(9-21)18(27)24-19/h5-8,12,15H,1-4H3,(H,23,26)(H,24,27)/t12-,15+/m0/s1. The van der Waals surface area contributed by atoms with Crippen molar-refractivity contribution in [2.24, 2.45) is 11.3 Å². The lowest BCUT2D eigenvalue weighted by atomic mass is 9.72. The van der Waals surface area contributed by atoms with Crippen LogP contribution < -0.4 is 10.6 Å². The summed E-state index contributed by atoms with van der Waals surface area (Å²) in [6.07, 6.45) is 0. The number of rotatable bonds is 5. The molecule has 7 nitrogen and oxygen atoms in total. The van der Waals surface area contributed by atoms with E-state index in [0.29, 0.717) is 11.3 Å². The van der Waals surface area contributed by atoms with Crippen molar-refractivity contribution in [3.05, 3.63) is 40.4 Å². The molecule has 1 aliphatic heterocycles. The number of hydrogen-bond acceptors (Lipinski definition) is 6. The third-order valence-electron chi connectivity index (χ3n) is 4.53. The molecule has 2 amide bonds. The first kappa shape index (κ1) is 21.2. The Bertz CT molecular complexity index is 953. The van der Waals surface area contributed by atoms with Crippen molar-refractivity contribution in [3.8, 4) is 12.1 Å². The largest absolute Gasteiger partial charge is 0.325 e. The highest BCUT2D eigenvalue weighted by molar-refractivity contribution is 8.04. The summed E-state index contributed by atoms with van der Waals surface area (Å²) in [5, 5.41) is 23.8. The summed E-state index contributed by atoms with van der Waals surface area (Å²) in [4.78, 5) is 36.2. The molecule has 1 aromatic rings. The maximum Gasteiger partial charge on any atom is 0.243 e. The van der Waals surface area contributed by atoms with Gasteiger partial charge in [-0.05, 0) is 26.0 Å². The van der Waals surface area contributed by atoms with Gasteiger partial charge < -0.3 is 10.6 Å². The molecule has 2 rings (SSSR count). The minimum atomic E-state index is -0.982. The third kappa shape index (κ3) is 4.24. The Morgan fingerprint density at radius 2 is 2.00 bits per heavy atom. The maximum absolute atomic E-state index is 12.5. The number of ketones is 1. The van der Waals surface area contributed by atoms with E-state index in [0.717, 1.165) is 11.8 Å². The van der Waals surface area contributed by atoms with Crippen LogP contribution in [0.4, 0.5) is 5.69 Å². The van der Waals surface area contributed by atoms with Gasteiger partial charge in [-0.15, -0.1) is 0 Å². The lowest BCUT2D eigenvalue weighted by molar-refractivity contribution is -0.125. The van der Waals surface area contributed by atoms with Gasteiger partial charge >= 0.3 is 0 Å². The molecular formula is C20H20N4O3S. The molecule has 28 heavy (non-hydrogen) atoms. The van der Waals surface area contributed by atoms with Gasteiger partial charge in [-0.3, -0.25) is 14.4 Å². The zero-order chi connectivity index (χ0) is 21.1. The Morgan fingerprint density at radius 1 is 1.32 bits per heavy atom. The molecule has 0 bridgehead atoms. The summed E-state index contributed by atoms with van der Waals surface area (Å²) in [5.74, 6) is -1.92. The minimum absolute atomic E-state index is 0.110. The number of thioether (sulfide) groups is 1. The number of benzene rings is 1. The van der Waals surface area contributed by atoms with Crippen molar-refractivity contribution in [1.82, 2.24) is 5.32 Å². The van der Waals surface area contributed by atoms with Crippen molar-refractivity contribution in [2.75, 3.05) is 5.32 Å². The van der Waals surface area contributed by atoms with Crippen LogP contribution in [0.2, 0.25) is 0 Å². The van der Waals surface area contributed by atoms with Gasteiger partial charge in [0, 0.05) is 16.7 Å². The van der Waals surface area contributed by atoms with Crippen LogP contribution in [-0.2, 0) is 9.59 Å². The fraction of sp³-hybridized carbons (Fsp3) is 0.350. The second kappa shape index (κ2) is 8.28. The molecule has 0 saturated heterocycles. The molecule has 0 saturated carbocycles. The number of carbonyl (C=O) groups is 3. The molecule has 1 aliphatic rings. The fourth-order valence-electron chi connectivity index (χ4n) is 2.80. The van der Waals surface area contributed by atoms with Crippen LogP contribution >= 0.6 is 11.8 Å². The highest BCUT2D eigenvalue weighted by Crippen LogP contribution is 2.42. The quantitative estimate of drug-likeness (QED) is 0.738. The first-order valence-electron chi connectivity index (χ1n) is 8.55. The van der Waals surface area contributed by atoms with Gasteiger partial charge in [0.05, 0.1) is 28.0 Å². The van der Waals surface area contributed by atoms with E-state index in [1.807, 2.05) is 6.07 Å². The highest BCUT2D eigenvalue weighted by Gasteiger charge is 2.45. The zero-order valence-corrected chi connectivity index (χ0v) is 16.8. The third-order valence-corrected chi connectivity index (χ3v) is 5.64. The Labute approximate surface area is 167 Å². The first-order valence-corrected chi connectivity index (χ1v) is 9.43. The van der Waals surface area contributed by atoms with Crippen LogP contribution in [0.5, 0.6) is 0 Å². The second-order valence-electron chi connectivity index (χ2n) is 6.98. The number of nitrogens with one attached hydrogen (secondary N) is 2. The van der Waals surface area contributed by atoms with Crippen LogP contribution in [0.1, 0.15) is 38.1 Å². The van der Waals surface area contributed by atoms with Crippen LogP contribution in [0.15, 0.2) is 34.9 Å². The van der Waals surface area contributed by atoms with Crippen molar-refractivity contribution in [3.63, 3.8) is 0 Å². The molecule has 0 radical (unpaired) electrons. The first-order chi connectivity index (χ1) is 13.1. The van der Waals surface area contributed by atoms with E-state index >= 15 is 0 Å². The fourth-order valence-corrected chi connectivity index (χ4v) is 3.91. The predicted molar refractivity (Wildman–Crippen MR) is 106 cm³/mol. The number of carbonyl (C=O) groups excluding carboxylic acids is 3. The van der Waals surface area contributed by atoms with Crippen molar-refractivity contribution >= 4 is 35.0 Å². The van der Waals surface area contributed by atoms with E-state index < -0.39 is 22.5 Å². The Balaban J connectivity index is 2.21. The van der Waals surface area contributed by atoms with Gasteiger partial charge in [0.15, 0.2) is 5.78 Å². The number of hydrogen-bond donors (Lipinski definition) is 2. The SMILES string of the molecule is CC(=O)c1cccc(NC(=O)[C@H](C)SC2=C(C#N)C(C)(C)[C@H](C#N)C(=O)N2)c1. The number of nitrogens with zero attached hydrogens (tertiary/aromatic N) is 2. The van der Waals surface area contributed by atoms with E-state index in [2.05, 4.69) is 16.7 Å². The number of Topliss-reactive ketones (excluding diaryl/α,β-unsaturated/α-hetero) is 1. The van der Waals surface area contributed by atoms with Crippen LogP contribution in [-0.4, -0.2) is 22.8 Å². The van der Waals surface area contributed by atoms with Gasteiger partial charge in [0.25, 0.3) is 0 Å². The van der Waals surface area contributed by atoms with Crippen molar-refractivity contribution in [1.29, 1.82) is 10.5 Å². The summed E-state index contributed by atoms with van der Waals surface area (Å²) in [5.41, 5.74) is 0.274. The summed E-state index contributed by atoms with van der Waals surface area (Å²) in [7, 11) is 0. The summed E-state index contributed by atoms with van der Waals surface area (Å²) in [6, 6.07) is 10.6. The Kier molecular flexibility index (Phi) is 6.27. The molecule has 144 valence electrons. The van der Waals surface area contributed by atoms with E-state index in [9.17, 15) is 24.9 Å². The average molecular weight is 396 g/mol. The molecular weight excluding hydrogens is 376 g/mol. The monoisotopic (exact) mass is 396 g/mol. The number of allylic oxidation sites excluding steroid dienone is 1. The number of anilines is 1. The molecule has 0 aliphatic carbocycles. The second-order valence-corrected chi connectivity index (χ2v) is 8.33. The van der Waals surface area contributed by atoms with Gasteiger partial charge in [-0.1, -0.05) is 37.7 Å². The minimum Gasteiger partial charge on any atom is -0.325 e. The van der Waals surface area contributed by atoms with E-state index in [4.69, 9.17) is 0 Å². The van der Waals surface area contributed by atoms with Crippen LogP contribution in [0.3, 0.4) is 0 Å². The molecule has 2 atom stereocenters. The smallest absolute Gasteiger partial charge is 0.243 e. The van der Waals surface area contributed by atoms with E-state index in [-0.39, 0.29) is 22.3 Å². The molecule has 1 heterocycles. The van der Waals surface area contributed by atoms with E-state index in [1.54, 1.807) is 45.0 Å². The van der Waals surface area contributed by atoms with Gasteiger partial charge in [-0.2, -0.15) is 10.5 Å². The Hall–Kier alpha value is -3.10. The molecule has 2 N–H and O–H groups in total. The van der Waals surface area contributed by atoms with Gasteiger partial charge in [0.2, 0.25) is 11.8 Å². The topological polar surface area (TPSA) is 123 Å². The molecule has 8 heteroatoms. The number of nitriles is 2.